The Morgan fingerprint density at radius 2 is 1.80 bits per heavy atom. The lowest BCUT2D eigenvalue weighted by Gasteiger charge is -2.35. The number of hydrogen-bond donors (Lipinski definition) is 2. The molecule has 188 valence electrons. The number of aliphatic carboxylic acids is 1. The van der Waals surface area contributed by atoms with Crippen LogP contribution in [0.5, 0.6) is 5.75 Å². The number of carboxylic acids is 1. The second-order valence-electron chi connectivity index (χ2n) is 9.22. The van der Waals surface area contributed by atoms with Crippen LogP contribution in [0.25, 0.3) is 0 Å². The van der Waals surface area contributed by atoms with Gasteiger partial charge in [0.15, 0.2) is 0 Å². The first-order valence-corrected chi connectivity index (χ1v) is 14.5. The van der Waals surface area contributed by atoms with Crippen molar-refractivity contribution in [3.63, 3.8) is 0 Å². The molecule has 35 heavy (non-hydrogen) atoms. The molecule has 0 fully saturated rings. The van der Waals surface area contributed by atoms with Crippen LogP contribution in [0.4, 0.5) is 19.3 Å². The van der Waals surface area contributed by atoms with Crippen molar-refractivity contribution in [2.24, 2.45) is 0 Å². The molecular formula is C24H28F2N2O6Si. The van der Waals surface area contributed by atoms with E-state index in [1.54, 1.807) is 18.2 Å². The number of ether oxygens (including phenoxy) is 2. The molecule has 2 aromatic rings. The molecule has 0 saturated carbocycles. The number of carbonyl (C=O) groups excluding carboxylic acids is 2. The number of carboxylic acid groups (broad SMARTS) is 1. The summed E-state index contributed by atoms with van der Waals surface area (Å²) in [5, 5.41) is 11.4. The van der Waals surface area contributed by atoms with Gasteiger partial charge < -0.3 is 19.9 Å². The third kappa shape index (κ3) is 5.97. The van der Waals surface area contributed by atoms with Crippen molar-refractivity contribution in [1.29, 1.82) is 0 Å². The zero-order valence-corrected chi connectivity index (χ0v) is 21.0. The lowest BCUT2D eigenvalue weighted by Crippen LogP contribution is -2.46. The van der Waals surface area contributed by atoms with Crippen molar-refractivity contribution in [2.45, 2.75) is 38.5 Å². The zero-order chi connectivity index (χ0) is 25.9. The molecule has 0 spiro atoms. The third-order valence-corrected chi connectivity index (χ3v) is 7.64. The van der Waals surface area contributed by atoms with Gasteiger partial charge in [0.05, 0.1) is 21.6 Å². The third-order valence-electron chi connectivity index (χ3n) is 5.66. The molecule has 11 heteroatoms. The van der Waals surface area contributed by atoms with Gasteiger partial charge in [-0.15, -0.1) is 0 Å². The molecule has 0 bridgehead atoms. The van der Waals surface area contributed by atoms with E-state index in [1.807, 2.05) is 19.6 Å². The molecule has 3 rings (SSSR count). The number of benzene rings is 2. The van der Waals surface area contributed by atoms with Crippen molar-refractivity contribution in [2.75, 3.05) is 25.6 Å². The highest BCUT2D eigenvalue weighted by Crippen LogP contribution is 2.34. The summed E-state index contributed by atoms with van der Waals surface area (Å²) in [4.78, 5) is 38.0. The van der Waals surface area contributed by atoms with Gasteiger partial charge in [-0.2, -0.15) is 0 Å². The number of nitrogens with zero attached hydrogens (tertiary/aromatic N) is 1. The fourth-order valence-electron chi connectivity index (χ4n) is 4.09. The Morgan fingerprint density at radius 3 is 2.37 bits per heavy atom. The Morgan fingerprint density at radius 1 is 1.14 bits per heavy atom. The Bertz CT molecular complexity index is 1130. The lowest BCUT2D eigenvalue weighted by molar-refractivity contribution is -0.138. The summed E-state index contributed by atoms with van der Waals surface area (Å²) in [6.07, 6.45) is -0.843. The molecular weight excluding hydrogens is 478 g/mol. The molecule has 2 amide bonds. The highest BCUT2D eigenvalue weighted by molar-refractivity contribution is 6.88. The minimum absolute atomic E-state index is 0.0363. The second kappa shape index (κ2) is 10.4. The van der Waals surface area contributed by atoms with Crippen molar-refractivity contribution >= 4 is 36.9 Å². The number of hydrogen-bond acceptors (Lipinski definition) is 5. The number of methoxy groups -OCH3 is 1. The summed E-state index contributed by atoms with van der Waals surface area (Å²) in [5.74, 6) is -2.72. The van der Waals surface area contributed by atoms with Crippen LogP contribution in [-0.2, 0) is 20.7 Å². The van der Waals surface area contributed by atoms with Gasteiger partial charge in [-0.1, -0.05) is 25.7 Å². The van der Waals surface area contributed by atoms with Crippen LogP contribution < -0.4 is 15.2 Å². The lowest BCUT2D eigenvalue weighted by atomic mass is 9.92. The molecule has 8 nitrogen and oxygen atoms in total. The number of rotatable bonds is 7. The van der Waals surface area contributed by atoms with Gasteiger partial charge in [-0.05, 0) is 41.8 Å². The quantitative estimate of drug-likeness (QED) is 0.556. The van der Waals surface area contributed by atoms with Crippen molar-refractivity contribution in [3.8, 4) is 5.75 Å². The SMILES string of the molecule is COc1ccc2c(c1)CCN(C(=O)OCCC(=O)O)C2C(=O)Nc1cc(F)c([Si](C)(C)C)c(F)c1. The molecule has 0 radical (unpaired) electrons. The normalized spacial score (nSPS) is 15.3. The zero-order valence-electron chi connectivity index (χ0n) is 20.0. The van der Waals surface area contributed by atoms with Crippen molar-refractivity contribution in [1.82, 2.24) is 4.90 Å². The van der Waals surface area contributed by atoms with Gasteiger partial charge >= 0.3 is 12.1 Å². The molecule has 2 aromatic carbocycles. The van der Waals surface area contributed by atoms with Crippen LogP contribution in [0, 0.1) is 11.6 Å². The van der Waals surface area contributed by atoms with Gasteiger partial charge in [-0.3, -0.25) is 14.5 Å². The minimum atomic E-state index is -2.31. The highest BCUT2D eigenvalue weighted by atomic mass is 28.3. The smallest absolute Gasteiger partial charge is 0.410 e. The van der Waals surface area contributed by atoms with Gasteiger partial charge in [0.25, 0.3) is 5.91 Å². The van der Waals surface area contributed by atoms with Gasteiger partial charge in [0.1, 0.15) is 30.0 Å². The molecule has 1 aliphatic rings. The average molecular weight is 507 g/mol. The second-order valence-corrected chi connectivity index (χ2v) is 14.2. The van der Waals surface area contributed by atoms with Gasteiger partial charge in [-0.25, -0.2) is 13.6 Å². The van der Waals surface area contributed by atoms with E-state index in [0.29, 0.717) is 17.7 Å². The standard InChI is InChI=1S/C24H28F2N2O6Si/c1-33-16-5-6-17-14(11-16)7-9-28(24(32)34-10-8-20(29)30)21(17)23(31)27-15-12-18(25)22(19(26)13-15)35(2,3)4/h5-6,11-13,21H,7-10H2,1-4H3,(H,27,31)(H,29,30). The largest absolute Gasteiger partial charge is 0.497 e. The maximum Gasteiger partial charge on any atom is 0.410 e. The summed E-state index contributed by atoms with van der Waals surface area (Å²) < 4.78 is 39.8. The summed E-state index contributed by atoms with van der Waals surface area (Å²) in [6.45, 7) is 5.19. The van der Waals surface area contributed by atoms with Crippen LogP contribution in [0.3, 0.4) is 0 Å². The van der Waals surface area contributed by atoms with E-state index in [-0.39, 0.29) is 30.4 Å². The summed E-state index contributed by atoms with van der Waals surface area (Å²) in [5.41, 5.74) is 1.20. The number of carbonyl (C=O) groups is 3. The molecule has 0 aliphatic carbocycles. The molecule has 1 unspecified atom stereocenters. The predicted octanol–water partition coefficient (Wildman–Crippen LogP) is 3.67. The predicted molar refractivity (Wildman–Crippen MR) is 128 cm³/mol. The summed E-state index contributed by atoms with van der Waals surface area (Å²) in [7, 11) is -0.799. The average Bonchev–Trinajstić information content (AvgIpc) is 2.75. The van der Waals surface area contributed by atoms with E-state index in [2.05, 4.69) is 5.32 Å². The van der Waals surface area contributed by atoms with Crippen molar-refractivity contribution in [3.05, 3.63) is 53.1 Å². The molecule has 1 atom stereocenters. The van der Waals surface area contributed by atoms with Crippen LogP contribution in [0.2, 0.25) is 19.6 Å². The Balaban J connectivity index is 1.93. The number of nitrogens with one attached hydrogen (secondary N) is 1. The van der Waals surface area contributed by atoms with Gasteiger partial charge in [0, 0.05) is 17.4 Å². The Labute approximate surface area is 202 Å². The van der Waals surface area contributed by atoms with E-state index in [1.165, 1.54) is 12.0 Å². The first-order valence-electron chi connectivity index (χ1n) is 11.0. The molecule has 0 aromatic heterocycles. The molecule has 0 saturated heterocycles. The number of anilines is 1. The molecule has 1 aliphatic heterocycles. The van der Waals surface area contributed by atoms with E-state index in [0.717, 1.165) is 17.7 Å². The highest BCUT2D eigenvalue weighted by Gasteiger charge is 2.37. The fourth-order valence-corrected chi connectivity index (χ4v) is 5.67. The van der Waals surface area contributed by atoms with Crippen LogP contribution in [0.1, 0.15) is 23.6 Å². The van der Waals surface area contributed by atoms with E-state index < -0.39 is 43.7 Å². The van der Waals surface area contributed by atoms with Crippen LogP contribution >= 0.6 is 0 Å². The van der Waals surface area contributed by atoms with E-state index in [9.17, 15) is 23.2 Å². The fraction of sp³-hybridized carbons (Fsp3) is 0.375. The number of amides is 2. The minimum Gasteiger partial charge on any atom is -0.497 e. The first-order chi connectivity index (χ1) is 16.4. The van der Waals surface area contributed by atoms with E-state index in [4.69, 9.17) is 14.6 Å². The molecule has 1 heterocycles. The Hall–Kier alpha value is -3.47. The summed E-state index contributed by atoms with van der Waals surface area (Å²) in [6, 6.07) is 6.02. The molecule has 2 N–H and O–H groups in total. The van der Waals surface area contributed by atoms with Crippen LogP contribution in [0.15, 0.2) is 30.3 Å². The summed E-state index contributed by atoms with van der Waals surface area (Å²) >= 11 is 0. The number of halogens is 2. The maximum absolute atomic E-state index is 14.7. The Kier molecular flexibility index (Phi) is 7.79. The monoisotopic (exact) mass is 506 g/mol. The van der Waals surface area contributed by atoms with E-state index >= 15 is 0 Å². The first kappa shape index (κ1) is 26.1. The topological polar surface area (TPSA) is 105 Å². The number of fused-ring (bicyclic) bond motifs is 1. The van der Waals surface area contributed by atoms with Crippen LogP contribution in [-0.4, -0.2) is 56.3 Å². The maximum atomic E-state index is 14.7. The van der Waals surface area contributed by atoms with Crippen molar-refractivity contribution < 1.29 is 37.7 Å². The van der Waals surface area contributed by atoms with Gasteiger partial charge in [0.2, 0.25) is 0 Å².